The maximum atomic E-state index is 13.6. The highest BCUT2D eigenvalue weighted by Gasteiger charge is 2.68. The number of allylic oxidation sites excluding steroid dienone is 1. The molecule has 0 radical (unpaired) electrons. The Hall–Kier alpha value is -2.02. The maximum Gasteiger partial charge on any atom is 0.175 e. The Balaban J connectivity index is 1.23. The molecular formula is C30H35NO4S. The SMILES string of the molecule is CC12CCC(=O)C=C1CCC1C2[C@@H](O)CC2(C)C1CC[C@]2(O)C(=O)CSc1ccc2ccccc2n1. The summed E-state index contributed by atoms with van der Waals surface area (Å²) in [7, 11) is 0. The molecule has 5 unspecified atom stereocenters. The average molecular weight is 506 g/mol. The number of hydrogen-bond acceptors (Lipinski definition) is 6. The Morgan fingerprint density at radius 3 is 2.75 bits per heavy atom. The van der Waals surface area contributed by atoms with Crippen LogP contribution in [0.4, 0.5) is 0 Å². The Labute approximate surface area is 216 Å². The Kier molecular flexibility index (Phi) is 5.75. The van der Waals surface area contributed by atoms with Gasteiger partial charge in [0.2, 0.25) is 0 Å². The molecule has 4 aliphatic carbocycles. The molecule has 2 aromatic rings. The Bertz CT molecular complexity index is 1270. The van der Waals surface area contributed by atoms with Gasteiger partial charge in [-0.25, -0.2) is 4.98 Å². The lowest BCUT2D eigenvalue weighted by molar-refractivity contribution is -0.178. The predicted molar refractivity (Wildman–Crippen MR) is 141 cm³/mol. The molecule has 0 aliphatic heterocycles. The fraction of sp³-hybridized carbons (Fsp3) is 0.567. The number of benzene rings is 1. The molecule has 6 heteroatoms. The second-order valence-corrected chi connectivity index (χ2v) is 13.0. The number of nitrogens with zero attached hydrogens (tertiary/aromatic N) is 1. The van der Waals surface area contributed by atoms with Crippen LogP contribution in [-0.4, -0.2) is 44.2 Å². The van der Waals surface area contributed by atoms with Crippen LogP contribution in [0.15, 0.2) is 53.1 Å². The van der Waals surface area contributed by atoms with Crippen LogP contribution in [0.2, 0.25) is 0 Å². The predicted octanol–water partition coefficient (Wildman–Crippen LogP) is 5.13. The van der Waals surface area contributed by atoms with Gasteiger partial charge >= 0.3 is 0 Å². The van der Waals surface area contributed by atoms with Crippen LogP contribution in [0, 0.1) is 28.6 Å². The van der Waals surface area contributed by atoms with E-state index in [4.69, 9.17) is 0 Å². The molecule has 1 heterocycles. The molecule has 4 aliphatic rings. The van der Waals surface area contributed by atoms with Gasteiger partial charge in [0.15, 0.2) is 11.6 Å². The van der Waals surface area contributed by atoms with Crippen LogP contribution in [-0.2, 0) is 9.59 Å². The van der Waals surface area contributed by atoms with E-state index in [1.54, 1.807) is 0 Å². The van der Waals surface area contributed by atoms with E-state index in [0.29, 0.717) is 19.3 Å². The van der Waals surface area contributed by atoms with Gasteiger partial charge in [-0.05, 0) is 79.9 Å². The zero-order valence-corrected chi connectivity index (χ0v) is 21.9. The summed E-state index contributed by atoms with van der Waals surface area (Å²) in [6.45, 7) is 4.27. The van der Waals surface area contributed by atoms with E-state index in [1.807, 2.05) is 49.4 Å². The number of aromatic nitrogens is 1. The molecule has 2 N–H and O–H groups in total. The number of ketones is 2. The first kappa shape index (κ1) is 24.3. The third kappa shape index (κ3) is 3.48. The molecule has 6 rings (SSSR count). The summed E-state index contributed by atoms with van der Waals surface area (Å²) in [5.41, 5.74) is -0.158. The fourth-order valence-corrected chi connectivity index (χ4v) is 9.38. The molecule has 1 aromatic heterocycles. The Morgan fingerprint density at radius 1 is 1.11 bits per heavy atom. The number of fused-ring (bicyclic) bond motifs is 6. The molecule has 190 valence electrons. The topological polar surface area (TPSA) is 87.5 Å². The van der Waals surface area contributed by atoms with Crippen LogP contribution < -0.4 is 0 Å². The minimum absolute atomic E-state index is 0.0808. The normalized spacial score (nSPS) is 39.8. The maximum absolute atomic E-state index is 13.6. The van der Waals surface area contributed by atoms with E-state index in [2.05, 4.69) is 11.9 Å². The van der Waals surface area contributed by atoms with Gasteiger partial charge in [0, 0.05) is 17.2 Å². The molecule has 36 heavy (non-hydrogen) atoms. The summed E-state index contributed by atoms with van der Waals surface area (Å²) in [6.07, 6.45) is 6.05. The third-order valence-corrected chi connectivity index (χ3v) is 11.4. The minimum Gasteiger partial charge on any atom is -0.393 e. The molecule has 0 amide bonds. The number of hydrogen-bond donors (Lipinski definition) is 2. The lowest BCUT2D eigenvalue weighted by Gasteiger charge is -2.60. The van der Waals surface area contributed by atoms with Gasteiger partial charge in [-0.3, -0.25) is 9.59 Å². The van der Waals surface area contributed by atoms with E-state index >= 15 is 0 Å². The van der Waals surface area contributed by atoms with Crippen LogP contribution >= 0.6 is 11.8 Å². The van der Waals surface area contributed by atoms with Crippen LogP contribution in [0.3, 0.4) is 0 Å². The highest BCUT2D eigenvalue weighted by Crippen LogP contribution is 2.67. The average Bonchev–Trinajstić information content (AvgIpc) is 3.13. The minimum atomic E-state index is -1.44. The summed E-state index contributed by atoms with van der Waals surface area (Å²) < 4.78 is 0. The number of aliphatic hydroxyl groups is 2. The number of pyridine rings is 1. The van der Waals surface area contributed by atoms with Crippen LogP contribution in [0.1, 0.15) is 58.8 Å². The number of carbonyl (C=O) groups is 2. The van der Waals surface area contributed by atoms with E-state index in [1.165, 1.54) is 17.3 Å². The van der Waals surface area contributed by atoms with Crippen molar-refractivity contribution in [2.45, 2.75) is 75.5 Å². The summed E-state index contributed by atoms with van der Waals surface area (Å²) in [6, 6.07) is 11.9. The van der Waals surface area contributed by atoms with Crippen LogP contribution in [0.25, 0.3) is 10.9 Å². The molecule has 5 nitrogen and oxygen atoms in total. The number of carbonyl (C=O) groups excluding carboxylic acids is 2. The van der Waals surface area contributed by atoms with Crippen molar-refractivity contribution < 1.29 is 19.8 Å². The van der Waals surface area contributed by atoms with E-state index in [9.17, 15) is 19.8 Å². The molecule has 0 spiro atoms. The summed E-state index contributed by atoms with van der Waals surface area (Å²) in [4.78, 5) is 30.4. The molecule has 0 saturated heterocycles. The van der Waals surface area contributed by atoms with Gasteiger partial charge in [0.05, 0.1) is 22.4 Å². The number of rotatable bonds is 4. The third-order valence-electron chi connectivity index (χ3n) is 10.4. The van der Waals surface area contributed by atoms with Crippen molar-refractivity contribution in [3.8, 4) is 0 Å². The first-order valence-electron chi connectivity index (χ1n) is 13.3. The van der Waals surface area contributed by atoms with Gasteiger partial charge < -0.3 is 10.2 Å². The molecule has 7 atom stereocenters. The second kappa shape index (κ2) is 8.50. The quantitative estimate of drug-likeness (QED) is 0.560. The molecule has 0 bridgehead atoms. The highest BCUT2D eigenvalue weighted by atomic mass is 32.2. The van der Waals surface area contributed by atoms with Gasteiger partial charge in [-0.15, -0.1) is 0 Å². The number of para-hydroxylation sites is 1. The van der Waals surface area contributed by atoms with Gasteiger partial charge in [0.25, 0.3) is 0 Å². The largest absolute Gasteiger partial charge is 0.393 e. The standard InChI is InChI=1S/C30H35NO4S/c1-28-13-11-20(32)15-19(28)8-9-21-22-12-14-30(35,29(22,2)16-24(33)27(21)28)25(34)17-36-26-10-7-18-5-3-4-6-23(18)31-26/h3-7,10,15,21-22,24,27,33,35H,8-9,11-14,16-17H2,1-2H3/t21?,22?,24-,27?,28?,29?,30-/m0/s1. The highest BCUT2D eigenvalue weighted by molar-refractivity contribution is 7.99. The first-order chi connectivity index (χ1) is 17.2. The lowest BCUT2D eigenvalue weighted by atomic mass is 9.45. The zero-order valence-electron chi connectivity index (χ0n) is 21.1. The van der Waals surface area contributed by atoms with Crippen molar-refractivity contribution >= 4 is 34.2 Å². The molecule has 3 fully saturated rings. The van der Waals surface area contributed by atoms with Crippen molar-refractivity contribution in [3.63, 3.8) is 0 Å². The number of thioether (sulfide) groups is 1. The smallest absolute Gasteiger partial charge is 0.175 e. The van der Waals surface area contributed by atoms with Crippen molar-refractivity contribution in [2.75, 3.05) is 5.75 Å². The van der Waals surface area contributed by atoms with Gasteiger partial charge in [-0.2, -0.15) is 0 Å². The first-order valence-corrected chi connectivity index (χ1v) is 14.3. The van der Waals surface area contributed by atoms with Crippen molar-refractivity contribution in [1.29, 1.82) is 0 Å². The molecule has 1 aromatic carbocycles. The van der Waals surface area contributed by atoms with Gasteiger partial charge in [0.1, 0.15) is 5.60 Å². The molecular weight excluding hydrogens is 470 g/mol. The summed E-state index contributed by atoms with van der Waals surface area (Å²) in [5, 5.41) is 25.4. The van der Waals surface area contributed by atoms with Crippen LogP contribution in [0.5, 0.6) is 0 Å². The number of Topliss-reactive ketones (excluding diaryl/α,β-unsaturated/α-hetero) is 1. The van der Waals surface area contributed by atoms with E-state index in [0.717, 1.165) is 41.6 Å². The van der Waals surface area contributed by atoms with E-state index < -0.39 is 17.1 Å². The molecule has 3 saturated carbocycles. The second-order valence-electron chi connectivity index (χ2n) is 12.0. The van der Waals surface area contributed by atoms with Crippen molar-refractivity contribution in [2.24, 2.45) is 28.6 Å². The Morgan fingerprint density at radius 2 is 1.92 bits per heavy atom. The monoisotopic (exact) mass is 505 g/mol. The van der Waals surface area contributed by atoms with E-state index in [-0.39, 0.29) is 40.5 Å². The van der Waals surface area contributed by atoms with Gasteiger partial charge in [-0.1, -0.05) is 55.4 Å². The zero-order chi connectivity index (χ0) is 25.3. The van der Waals surface area contributed by atoms with Crippen molar-refractivity contribution in [1.82, 2.24) is 4.98 Å². The lowest BCUT2D eigenvalue weighted by Crippen LogP contribution is -2.61. The number of aliphatic hydroxyl groups excluding tert-OH is 1. The summed E-state index contributed by atoms with van der Waals surface area (Å²) in [5.74, 6) is 0.753. The van der Waals surface area contributed by atoms with Crippen molar-refractivity contribution in [3.05, 3.63) is 48.0 Å². The fourth-order valence-electron chi connectivity index (χ4n) is 8.54. The summed E-state index contributed by atoms with van der Waals surface area (Å²) >= 11 is 1.38.